The summed E-state index contributed by atoms with van der Waals surface area (Å²) in [5.74, 6) is -0.325. The van der Waals surface area contributed by atoms with Gasteiger partial charge >= 0.3 is 0 Å². The van der Waals surface area contributed by atoms with E-state index in [1.807, 2.05) is 13.8 Å². The Bertz CT molecular complexity index is 527. The summed E-state index contributed by atoms with van der Waals surface area (Å²) in [6.45, 7) is 4.55. The molecule has 0 fully saturated rings. The maximum absolute atomic E-state index is 13.3. The second kappa shape index (κ2) is 4.38. The molecule has 0 aromatic heterocycles. The molecule has 1 aliphatic heterocycles. The fourth-order valence-corrected chi connectivity index (χ4v) is 4.30. The topological polar surface area (TPSA) is 46.2 Å². The first-order valence-corrected chi connectivity index (χ1v) is 7.36. The number of hydrogen-bond acceptors (Lipinski definition) is 3. The fraction of sp³-hybridized carbons (Fsp3) is 0.500. The highest BCUT2D eigenvalue weighted by Gasteiger charge is 2.35. The Morgan fingerprint density at radius 1 is 1.47 bits per heavy atom. The van der Waals surface area contributed by atoms with Crippen molar-refractivity contribution >= 4 is 9.84 Å². The lowest BCUT2D eigenvalue weighted by molar-refractivity contribution is 0.401. The highest BCUT2D eigenvalue weighted by Crippen LogP contribution is 2.35. The van der Waals surface area contributed by atoms with Crippen LogP contribution in [0.25, 0.3) is 0 Å². The van der Waals surface area contributed by atoms with Gasteiger partial charge in [-0.1, -0.05) is 13.8 Å². The largest absolute Gasteiger partial charge is 0.310 e. The zero-order valence-electron chi connectivity index (χ0n) is 9.90. The van der Waals surface area contributed by atoms with Crippen LogP contribution in [0.1, 0.15) is 25.5 Å². The molecule has 94 valence electrons. The van der Waals surface area contributed by atoms with Gasteiger partial charge in [0, 0.05) is 6.04 Å². The van der Waals surface area contributed by atoms with Gasteiger partial charge in [-0.25, -0.2) is 12.8 Å². The van der Waals surface area contributed by atoms with Gasteiger partial charge in [-0.05, 0) is 36.2 Å². The van der Waals surface area contributed by atoms with Gasteiger partial charge in [-0.15, -0.1) is 0 Å². The van der Waals surface area contributed by atoms with E-state index in [2.05, 4.69) is 5.32 Å². The molecule has 2 rings (SSSR count). The third-order valence-corrected chi connectivity index (χ3v) is 5.12. The van der Waals surface area contributed by atoms with Gasteiger partial charge in [-0.2, -0.15) is 0 Å². The third-order valence-electron chi connectivity index (χ3n) is 3.12. The summed E-state index contributed by atoms with van der Waals surface area (Å²) in [4.78, 5) is 0.267. The predicted molar refractivity (Wildman–Crippen MR) is 64.0 cm³/mol. The average Bonchev–Trinajstić information content (AvgIpc) is 2.23. The van der Waals surface area contributed by atoms with Gasteiger partial charge in [0.2, 0.25) is 0 Å². The van der Waals surface area contributed by atoms with E-state index in [0.29, 0.717) is 5.56 Å². The number of sulfone groups is 1. The van der Waals surface area contributed by atoms with Crippen molar-refractivity contribution in [2.45, 2.75) is 24.8 Å². The Morgan fingerprint density at radius 3 is 2.82 bits per heavy atom. The molecule has 17 heavy (non-hydrogen) atoms. The minimum Gasteiger partial charge on any atom is -0.310 e. The Balaban J connectivity index is 2.59. The fourth-order valence-electron chi connectivity index (χ4n) is 2.42. The number of hydrogen-bond donors (Lipinski definition) is 1. The quantitative estimate of drug-likeness (QED) is 0.823. The first-order chi connectivity index (χ1) is 7.95. The highest BCUT2D eigenvalue weighted by molar-refractivity contribution is 7.91. The first-order valence-electron chi connectivity index (χ1n) is 5.71. The lowest BCUT2D eigenvalue weighted by atomic mass is 9.95. The van der Waals surface area contributed by atoms with Crippen LogP contribution < -0.4 is 5.32 Å². The number of nitrogens with one attached hydrogen (secondary N) is 1. The highest BCUT2D eigenvalue weighted by atomic mass is 32.2. The Morgan fingerprint density at radius 2 is 2.18 bits per heavy atom. The summed E-state index contributed by atoms with van der Waals surface area (Å²) in [6.07, 6.45) is 0. The standard InChI is InChI=1S/C12H16FNO2S/c1-3-14-12-8(2)7-17(15,16)11-5-4-9(13)6-10(11)12/h4-6,8,12,14H,3,7H2,1-2H3. The molecule has 1 heterocycles. The third kappa shape index (κ3) is 2.21. The van der Waals surface area contributed by atoms with Crippen molar-refractivity contribution in [1.29, 1.82) is 0 Å². The Hall–Kier alpha value is -0.940. The van der Waals surface area contributed by atoms with E-state index in [4.69, 9.17) is 0 Å². The second-order valence-electron chi connectivity index (χ2n) is 4.48. The molecule has 2 atom stereocenters. The van der Waals surface area contributed by atoms with Crippen LogP contribution in [0.4, 0.5) is 4.39 Å². The lowest BCUT2D eigenvalue weighted by Crippen LogP contribution is -2.36. The molecule has 3 nitrogen and oxygen atoms in total. The molecular weight excluding hydrogens is 241 g/mol. The van der Waals surface area contributed by atoms with Crippen molar-refractivity contribution in [1.82, 2.24) is 5.32 Å². The molecule has 0 radical (unpaired) electrons. The molecule has 2 unspecified atom stereocenters. The van der Waals surface area contributed by atoms with Crippen molar-refractivity contribution in [2.75, 3.05) is 12.3 Å². The van der Waals surface area contributed by atoms with Crippen molar-refractivity contribution in [3.63, 3.8) is 0 Å². The predicted octanol–water partition coefficient (Wildman–Crippen LogP) is 1.90. The molecule has 1 aromatic carbocycles. The van der Waals surface area contributed by atoms with Crippen LogP contribution in [-0.2, 0) is 9.84 Å². The van der Waals surface area contributed by atoms with E-state index in [-0.39, 0.29) is 22.6 Å². The van der Waals surface area contributed by atoms with Crippen LogP contribution in [-0.4, -0.2) is 20.7 Å². The summed E-state index contributed by atoms with van der Waals surface area (Å²) < 4.78 is 37.3. The molecule has 0 spiro atoms. The maximum Gasteiger partial charge on any atom is 0.179 e. The SMILES string of the molecule is CCNC1c2cc(F)ccc2S(=O)(=O)CC1C. The van der Waals surface area contributed by atoms with Crippen LogP contribution in [0.5, 0.6) is 0 Å². The van der Waals surface area contributed by atoms with E-state index >= 15 is 0 Å². The van der Waals surface area contributed by atoms with Gasteiger partial charge in [0.1, 0.15) is 5.82 Å². The van der Waals surface area contributed by atoms with Gasteiger partial charge < -0.3 is 5.32 Å². The summed E-state index contributed by atoms with van der Waals surface area (Å²) in [7, 11) is -3.27. The molecule has 0 saturated carbocycles. The number of rotatable bonds is 2. The van der Waals surface area contributed by atoms with E-state index in [0.717, 1.165) is 6.54 Å². The van der Waals surface area contributed by atoms with E-state index in [1.54, 1.807) is 0 Å². The summed E-state index contributed by atoms with van der Waals surface area (Å²) >= 11 is 0. The van der Waals surface area contributed by atoms with Crippen LogP contribution in [0, 0.1) is 11.7 Å². The number of fused-ring (bicyclic) bond motifs is 1. The van der Waals surface area contributed by atoms with Gasteiger partial charge in [0.25, 0.3) is 0 Å². The van der Waals surface area contributed by atoms with Crippen molar-refractivity contribution < 1.29 is 12.8 Å². The Kier molecular flexibility index (Phi) is 3.23. The average molecular weight is 257 g/mol. The lowest BCUT2D eigenvalue weighted by Gasteiger charge is -2.31. The van der Waals surface area contributed by atoms with Crippen LogP contribution in [0.15, 0.2) is 23.1 Å². The maximum atomic E-state index is 13.3. The summed E-state index contributed by atoms with van der Waals surface area (Å²) in [6, 6.07) is 3.82. The molecule has 5 heteroatoms. The minimum atomic E-state index is -3.27. The smallest absolute Gasteiger partial charge is 0.179 e. The van der Waals surface area contributed by atoms with Crippen molar-refractivity contribution in [3.8, 4) is 0 Å². The first kappa shape index (κ1) is 12.5. The van der Waals surface area contributed by atoms with Crippen LogP contribution in [0.3, 0.4) is 0 Å². The molecule has 1 aromatic rings. The van der Waals surface area contributed by atoms with Gasteiger partial charge in [0.15, 0.2) is 9.84 Å². The molecule has 1 N–H and O–H groups in total. The van der Waals surface area contributed by atoms with E-state index in [9.17, 15) is 12.8 Å². The monoisotopic (exact) mass is 257 g/mol. The Labute approximate surface area is 101 Å². The molecular formula is C12H16FNO2S. The van der Waals surface area contributed by atoms with Crippen LogP contribution >= 0.6 is 0 Å². The van der Waals surface area contributed by atoms with Crippen LogP contribution in [0.2, 0.25) is 0 Å². The normalized spacial score (nSPS) is 26.5. The minimum absolute atomic E-state index is 0.0470. The van der Waals surface area contributed by atoms with E-state index < -0.39 is 15.7 Å². The second-order valence-corrected chi connectivity index (χ2v) is 6.48. The molecule has 0 amide bonds. The molecule has 0 saturated heterocycles. The summed E-state index contributed by atoms with van der Waals surface area (Å²) in [5.41, 5.74) is 0.561. The van der Waals surface area contributed by atoms with E-state index in [1.165, 1.54) is 18.2 Å². The van der Waals surface area contributed by atoms with Crippen molar-refractivity contribution in [3.05, 3.63) is 29.6 Å². The summed E-state index contributed by atoms with van der Waals surface area (Å²) in [5, 5.41) is 3.22. The molecule has 1 aliphatic rings. The molecule has 0 aliphatic carbocycles. The zero-order chi connectivity index (χ0) is 12.6. The molecule has 0 bridgehead atoms. The van der Waals surface area contributed by atoms with Gasteiger partial charge in [0.05, 0.1) is 10.6 Å². The van der Waals surface area contributed by atoms with Gasteiger partial charge in [-0.3, -0.25) is 0 Å². The zero-order valence-corrected chi connectivity index (χ0v) is 10.7. The number of benzene rings is 1. The number of halogens is 1. The van der Waals surface area contributed by atoms with Crippen molar-refractivity contribution in [2.24, 2.45) is 5.92 Å².